The second kappa shape index (κ2) is 8.48. The maximum atomic E-state index is 12.9. The van der Waals surface area contributed by atoms with Crippen LogP contribution in [-0.4, -0.2) is 65.6 Å². The Morgan fingerprint density at radius 3 is 2.55 bits per heavy atom. The number of carbonyl (C=O) groups excluding carboxylic acids is 1. The Morgan fingerprint density at radius 2 is 1.83 bits per heavy atom. The van der Waals surface area contributed by atoms with Crippen molar-refractivity contribution in [3.05, 3.63) is 54.1 Å². The summed E-state index contributed by atoms with van der Waals surface area (Å²) in [7, 11) is 1.64. The zero-order valence-corrected chi connectivity index (χ0v) is 16.2. The van der Waals surface area contributed by atoms with Gasteiger partial charge in [-0.2, -0.15) is 0 Å². The number of rotatable bonds is 6. The van der Waals surface area contributed by atoms with E-state index in [1.807, 2.05) is 18.2 Å². The zero-order valence-electron chi connectivity index (χ0n) is 16.2. The number of ether oxygens (including phenoxy) is 2. The number of nitrogens with zero attached hydrogens (tertiary/aromatic N) is 3. The quantitative estimate of drug-likeness (QED) is 0.691. The van der Waals surface area contributed by atoms with E-state index in [2.05, 4.69) is 14.9 Å². The molecule has 0 saturated carbocycles. The lowest BCUT2D eigenvalue weighted by Crippen LogP contribution is -2.49. The smallest absolute Gasteiger partial charge is 0.260 e. The molecule has 0 atom stereocenters. The number of H-pyrrole nitrogens is 1. The molecule has 0 bridgehead atoms. The number of methoxy groups -OCH3 is 1. The van der Waals surface area contributed by atoms with Crippen molar-refractivity contribution in [3.8, 4) is 11.5 Å². The molecule has 1 aliphatic heterocycles. The Labute approximate surface area is 168 Å². The monoisotopic (exact) mass is 398 g/mol. The number of aromatic amines is 1. The topological polar surface area (TPSA) is 70.7 Å². The summed E-state index contributed by atoms with van der Waals surface area (Å²) in [6.07, 6.45) is 0. The molecule has 152 valence electrons. The van der Waals surface area contributed by atoms with Crippen molar-refractivity contribution in [2.24, 2.45) is 0 Å². The number of hydrogen-bond donors (Lipinski definition) is 1. The number of benzene rings is 2. The predicted octanol–water partition coefficient (Wildman–Crippen LogP) is 2.43. The molecule has 2 aromatic carbocycles. The molecule has 8 heteroatoms. The van der Waals surface area contributed by atoms with E-state index in [4.69, 9.17) is 9.47 Å². The molecule has 0 aliphatic carbocycles. The van der Waals surface area contributed by atoms with Crippen molar-refractivity contribution >= 4 is 16.9 Å². The van der Waals surface area contributed by atoms with E-state index in [-0.39, 0.29) is 18.3 Å². The van der Waals surface area contributed by atoms with Gasteiger partial charge in [0.05, 0.1) is 24.7 Å². The van der Waals surface area contributed by atoms with Crippen molar-refractivity contribution in [1.29, 1.82) is 0 Å². The molecule has 1 aliphatic rings. The molecule has 1 saturated heterocycles. The van der Waals surface area contributed by atoms with E-state index in [9.17, 15) is 9.18 Å². The largest absolute Gasteiger partial charge is 0.497 e. The average molecular weight is 398 g/mol. The van der Waals surface area contributed by atoms with Gasteiger partial charge in [0.15, 0.2) is 6.61 Å². The van der Waals surface area contributed by atoms with Crippen molar-refractivity contribution in [2.45, 2.75) is 6.54 Å². The number of nitrogens with one attached hydrogen (secondary N) is 1. The van der Waals surface area contributed by atoms with Gasteiger partial charge in [0.1, 0.15) is 23.1 Å². The van der Waals surface area contributed by atoms with Crippen LogP contribution in [0.4, 0.5) is 4.39 Å². The Morgan fingerprint density at radius 1 is 1.10 bits per heavy atom. The van der Waals surface area contributed by atoms with E-state index in [1.165, 1.54) is 24.3 Å². The molecule has 2 heterocycles. The number of halogens is 1. The minimum Gasteiger partial charge on any atom is -0.497 e. The minimum atomic E-state index is -0.330. The fourth-order valence-corrected chi connectivity index (χ4v) is 3.38. The second-order valence-corrected chi connectivity index (χ2v) is 6.97. The van der Waals surface area contributed by atoms with Gasteiger partial charge in [-0.05, 0) is 36.4 Å². The molecule has 1 amide bonds. The molecule has 7 nitrogen and oxygen atoms in total. The van der Waals surface area contributed by atoms with Crippen LogP contribution in [0.5, 0.6) is 11.5 Å². The van der Waals surface area contributed by atoms with E-state index < -0.39 is 0 Å². The first kappa shape index (κ1) is 19.2. The van der Waals surface area contributed by atoms with Gasteiger partial charge in [-0.1, -0.05) is 0 Å². The SMILES string of the molecule is COc1ccc2nc(CN3CCN(C(=O)COc4ccc(F)cc4)CC3)[nH]c2c1. The highest BCUT2D eigenvalue weighted by atomic mass is 19.1. The van der Waals surface area contributed by atoms with Crippen molar-refractivity contribution < 1.29 is 18.7 Å². The summed E-state index contributed by atoms with van der Waals surface area (Å²) in [5, 5.41) is 0. The van der Waals surface area contributed by atoms with Gasteiger partial charge in [0, 0.05) is 32.2 Å². The van der Waals surface area contributed by atoms with E-state index in [1.54, 1.807) is 12.0 Å². The molecule has 1 aromatic heterocycles. The van der Waals surface area contributed by atoms with Crippen LogP contribution in [0.25, 0.3) is 11.0 Å². The predicted molar refractivity (Wildman–Crippen MR) is 106 cm³/mol. The van der Waals surface area contributed by atoms with Gasteiger partial charge in [-0.15, -0.1) is 0 Å². The summed E-state index contributed by atoms with van der Waals surface area (Å²) in [6.45, 7) is 3.47. The zero-order chi connectivity index (χ0) is 20.2. The lowest BCUT2D eigenvalue weighted by atomic mass is 10.3. The molecular weight excluding hydrogens is 375 g/mol. The number of hydrogen-bond acceptors (Lipinski definition) is 5. The molecule has 3 aromatic rings. The normalized spacial score (nSPS) is 14.9. The van der Waals surface area contributed by atoms with Gasteiger partial charge >= 0.3 is 0 Å². The van der Waals surface area contributed by atoms with Crippen molar-refractivity contribution in [1.82, 2.24) is 19.8 Å². The third kappa shape index (κ3) is 4.65. The van der Waals surface area contributed by atoms with Crippen LogP contribution in [0.1, 0.15) is 5.82 Å². The third-order valence-electron chi connectivity index (χ3n) is 5.01. The van der Waals surface area contributed by atoms with Gasteiger partial charge in [0.25, 0.3) is 5.91 Å². The Kier molecular flexibility index (Phi) is 5.62. The summed E-state index contributed by atoms with van der Waals surface area (Å²) < 4.78 is 23.6. The van der Waals surface area contributed by atoms with Gasteiger partial charge in [-0.3, -0.25) is 9.69 Å². The van der Waals surface area contributed by atoms with Gasteiger partial charge < -0.3 is 19.4 Å². The molecule has 1 fully saturated rings. The lowest BCUT2D eigenvalue weighted by molar-refractivity contribution is -0.135. The van der Waals surface area contributed by atoms with Gasteiger partial charge in [-0.25, -0.2) is 9.37 Å². The summed E-state index contributed by atoms with van der Waals surface area (Å²) in [5.74, 6) is 1.78. The van der Waals surface area contributed by atoms with Crippen LogP contribution >= 0.6 is 0 Å². The number of fused-ring (bicyclic) bond motifs is 1. The summed E-state index contributed by atoms with van der Waals surface area (Å²) in [6, 6.07) is 11.4. The van der Waals surface area contributed by atoms with Crippen molar-refractivity contribution in [2.75, 3.05) is 39.9 Å². The van der Waals surface area contributed by atoms with Crippen molar-refractivity contribution in [3.63, 3.8) is 0 Å². The van der Waals surface area contributed by atoms with Crippen LogP contribution in [0.15, 0.2) is 42.5 Å². The number of amides is 1. The second-order valence-electron chi connectivity index (χ2n) is 6.97. The fraction of sp³-hybridized carbons (Fsp3) is 0.333. The molecular formula is C21H23FN4O3. The standard InChI is InChI=1S/C21H23FN4O3/c1-28-17-6-7-18-19(12-17)24-20(23-18)13-25-8-10-26(11-9-25)21(27)14-29-16-4-2-15(22)3-5-16/h2-7,12H,8-11,13-14H2,1H3,(H,23,24). The first-order valence-electron chi connectivity index (χ1n) is 9.52. The number of piperazine rings is 1. The number of imidazole rings is 1. The van der Waals surface area contributed by atoms with Crippen LogP contribution in [0, 0.1) is 5.82 Å². The first-order valence-corrected chi connectivity index (χ1v) is 9.52. The molecule has 29 heavy (non-hydrogen) atoms. The molecule has 0 radical (unpaired) electrons. The van der Waals surface area contributed by atoms with Crippen LogP contribution in [-0.2, 0) is 11.3 Å². The van der Waals surface area contributed by atoms with Crippen LogP contribution in [0.3, 0.4) is 0 Å². The number of aromatic nitrogens is 2. The first-order chi connectivity index (χ1) is 14.1. The highest BCUT2D eigenvalue weighted by Crippen LogP contribution is 2.19. The third-order valence-corrected chi connectivity index (χ3v) is 5.01. The number of carbonyl (C=O) groups is 1. The van der Waals surface area contributed by atoms with E-state index in [0.717, 1.165) is 35.7 Å². The van der Waals surface area contributed by atoms with E-state index >= 15 is 0 Å². The van der Waals surface area contributed by atoms with Gasteiger partial charge in [0.2, 0.25) is 0 Å². The summed E-state index contributed by atoms with van der Waals surface area (Å²) >= 11 is 0. The maximum absolute atomic E-state index is 12.9. The molecule has 0 unspecified atom stereocenters. The highest BCUT2D eigenvalue weighted by molar-refractivity contribution is 5.78. The molecule has 0 spiro atoms. The highest BCUT2D eigenvalue weighted by Gasteiger charge is 2.22. The Balaban J connectivity index is 1.26. The molecule has 1 N–H and O–H groups in total. The van der Waals surface area contributed by atoms with Crippen LogP contribution in [0.2, 0.25) is 0 Å². The van der Waals surface area contributed by atoms with E-state index in [0.29, 0.717) is 25.4 Å². The molecule has 4 rings (SSSR count). The summed E-state index contributed by atoms with van der Waals surface area (Å²) in [5.41, 5.74) is 1.86. The maximum Gasteiger partial charge on any atom is 0.260 e. The Hall–Kier alpha value is -3.13. The minimum absolute atomic E-state index is 0.0446. The average Bonchev–Trinajstić information content (AvgIpc) is 3.15. The fourth-order valence-electron chi connectivity index (χ4n) is 3.38. The lowest BCUT2D eigenvalue weighted by Gasteiger charge is -2.34. The van der Waals surface area contributed by atoms with Crippen LogP contribution < -0.4 is 9.47 Å². The summed E-state index contributed by atoms with van der Waals surface area (Å²) in [4.78, 5) is 24.4. The Bertz CT molecular complexity index is 981.